The SMILES string of the molecule is Oc1ccc(C(F)(F)F)c2nc3ccccc3cc12.c1ccc2c(c1)c1cc3c4c(ccc32)C1CCC4. The van der Waals surface area contributed by atoms with Crippen LogP contribution in [0.1, 0.15) is 41.0 Å². The van der Waals surface area contributed by atoms with Crippen LogP contribution in [0, 0.1) is 0 Å². The van der Waals surface area contributed by atoms with Crippen molar-refractivity contribution in [1.82, 2.24) is 4.98 Å². The quantitative estimate of drug-likeness (QED) is 0.169. The maximum absolute atomic E-state index is 12.9. The molecule has 5 bridgehead atoms. The number of halogens is 3. The highest BCUT2D eigenvalue weighted by atomic mass is 19.4. The van der Waals surface area contributed by atoms with Crippen molar-refractivity contribution in [2.45, 2.75) is 31.4 Å². The normalized spacial score (nSPS) is 16.0. The number of hydrogen-bond acceptors (Lipinski definition) is 2. The second-order valence-corrected chi connectivity index (χ2v) is 9.89. The third kappa shape index (κ3) is 3.37. The first-order valence-corrected chi connectivity index (χ1v) is 12.5. The minimum atomic E-state index is -4.50. The molecule has 0 saturated heterocycles. The minimum absolute atomic E-state index is 0.105. The maximum Gasteiger partial charge on any atom is 0.418 e. The van der Waals surface area contributed by atoms with Gasteiger partial charge in [0, 0.05) is 16.7 Å². The minimum Gasteiger partial charge on any atom is -0.507 e. The van der Waals surface area contributed by atoms with Gasteiger partial charge in [-0.2, -0.15) is 13.2 Å². The summed E-state index contributed by atoms with van der Waals surface area (Å²) in [5.41, 5.74) is 4.23. The standard InChI is InChI=1S/C18H14.C14H8F3NO/c1-2-5-12-11(4-1)16-9-8-15-13-6-3-7-14(15)18(16)10-17(12)13;15-14(16,17)10-5-6-12(19)9-7-8-3-1-2-4-11(8)18-13(9)10/h1-2,4-5,8-10,13H,3,6-7H2;1-7,19H. The van der Waals surface area contributed by atoms with Gasteiger partial charge in [-0.25, -0.2) is 4.98 Å². The van der Waals surface area contributed by atoms with Crippen LogP contribution in [0.2, 0.25) is 0 Å². The molecule has 0 radical (unpaired) electrons. The Bertz CT molecular complexity index is 1870. The molecule has 2 aliphatic rings. The zero-order chi connectivity index (χ0) is 25.3. The summed E-state index contributed by atoms with van der Waals surface area (Å²) in [5, 5.41) is 16.4. The van der Waals surface area contributed by atoms with Gasteiger partial charge in [0.1, 0.15) is 5.75 Å². The Morgan fingerprint density at radius 3 is 2.32 bits per heavy atom. The van der Waals surface area contributed by atoms with E-state index in [1.54, 1.807) is 41.0 Å². The summed E-state index contributed by atoms with van der Waals surface area (Å²) in [6, 6.07) is 26.4. The highest BCUT2D eigenvalue weighted by molar-refractivity contribution is 6.12. The van der Waals surface area contributed by atoms with Gasteiger partial charge in [-0.15, -0.1) is 0 Å². The topological polar surface area (TPSA) is 33.1 Å². The summed E-state index contributed by atoms with van der Waals surface area (Å²) in [6.45, 7) is 0. The summed E-state index contributed by atoms with van der Waals surface area (Å²) in [7, 11) is 0. The summed E-state index contributed by atoms with van der Waals surface area (Å²) >= 11 is 0. The van der Waals surface area contributed by atoms with Crippen LogP contribution < -0.4 is 0 Å². The number of para-hydroxylation sites is 1. The average molecular weight is 494 g/mol. The number of aryl methyl sites for hydroxylation is 1. The van der Waals surface area contributed by atoms with E-state index in [1.807, 2.05) is 0 Å². The molecule has 1 aromatic heterocycles. The Morgan fingerprint density at radius 2 is 1.49 bits per heavy atom. The van der Waals surface area contributed by atoms with Crippen LogP contribution >= 0.6 is 0 Å². The number of hydrogen-bond donors (Lipinski definition) is 1. The zero-order valence-corrected chi connectivity index (χ0v) is 19.8. The van der Waals surface area contributed by atoms with Crippen molar-refractivity contribution in [2.24, 2.45) is 0 Å². The van der Waals surface area contributed by atoms with E-state index in [2.05, 4.69) is 47.4 Å². The van der Waals surface area contributed by atoms with Crippen molar-refractivity contribution in [3.63, 3.8) is 0 Å². The second kappa shape index (κ2) is 7.94. The van der Waals surface area contributed by atoms with Gasteiger partial charge in [0.25, 0.3) is 0 Å². The fourth-order valence-corrected chi connectivity index (χ4v) is 6.22. The van der Waals surface area contributed by atoms with Gasteiger partial charge < -0.3 is 5.11 Å². The number of benzene rings is 5. The number of pyridine rings is 1. The second-order valence-electron chi connectivity index (χ2n) is 9.89. The molecule has 0 aliphatic heterocycles. The summed E-state index contributed by atoms with van der Waals surface area (Å²) < 4.78 is 38.8. The lowest BCUT2D eigenvalue weighted by molar-refractivity contribution is -0.136. The number of rotatable bonds is 0. The van der Waals surface area contributed by atoms with E-state index in [0.717, 1.165) is 12.1 Å². The number of nitrogens with zero attached hydrogens (tertiary/aromatic N) is 1. The third-order valence-electron chi connectivity index (χ3n) is 7.86. The van der Waals surface area contributed by atoms with Gasteiger partial charge in [-0.05, 0) is 87.8 Å². The monoisotopic (exact) mass is 493 g/mol. The molecule has 2 aliphatic carbocycles. The van der Waals surface area contributed by atoms with Gasteiger partial charge >= 0.3 is 6.18 Å². The van der Waals surface area contributed by atoms with Crippen molar-refractivity contribution in [2.75, 3.05) is 0 Å². The molecule has 6 aromatic rings. The van der Waals surface area contributed by atoms with Crippen molar-refractivity contribution < 1.29 is 18.3 Å². The Morgan fingerprint density at radius 1 is 0.730 bits per heavy atom. The fraction of sp³-hybridized carbons (Fsp3) is 0.156. The van der Waals surface area contributed by atoms with E-state index < -0.39 is 11.7 Å². The molecule has 8 rings (SSSR count). The van der Waals surface area contributed by atoms with Crippen LogP contribution in [-0.2, 0) is 12.6 Å². The molecule has 5 heteroatoms. The van der Waals surface area contributed by atoms with Crippen molar-refractivity contribution in [3.05, 3.63) is 107 Å². The van der Waals surface area contributed by atoms with E-state index in [1.165, 1.54) is 46.9 Å². The highest BCUT2D eigenvalue weighted by Gasteiger charge is 2.34. The van der Waals surface area contributed by atoms with E-state index in [-0.39, 0.29) is 16.7 Å². The van der Waals surface area contributed by atoms with Crippen molar-refractivity contribution in [3.8, 4) is 5.75 Å². The molecular formula is C32H22F3NO. The summed E-state index contributed by atoms with van der Waals surface area (Å²) in [4.78, 5) is 4.02. The van der Waals surface area contributed by atoms with Crippen molar-refractivity contribution >= 4 is 43.4 Å². The fourth-order valence-electron chi connectivity index (χ4n) is 6.22. The van der Waals surface area contributed by atoms with Crippen LogP contribution in [0.15, 0.2) is 84.9 Å². The predicted octanol–water partition coefficient (Wildman–Crippen LogP) is 8.89. The number of aromatic hydroxyl groups is 1. The Kier molecular flexibility index (Phi) is 4.74. The zero-order valence-electron chi connectivity index (χ0n) is 19.8. The number of alkyl halides is 3. The van der Waals surface area contributed by atoms with Gasteiger partial charge in [0.05, 0.1) is 16.6 Å². The summed E-state index contributed by atoms with van der Waals surface area (Å²) in [5.74, 6) is 0.456. The van der Waals surface area contributed by atoms with Crippen LogP contribution in [0.3, 0.4) is 0 Å². The van der Waals surface area contributed by atoms with E-state index in [9.17, 15) is 18.3 Å². The Hall–Kier alpha value is -4.12. The van der Waals surface area contributed by atoms with E-state index >= 15 is 0 Å². The molecule has 1 unspecified atom stereocenters. The highest BCUT2D eigenvalue weighted by Crippen LogP contribution is 2.48. The van der Waals surface area contributed by atoms with Crippen LogP contribution in [-0.4, -0.2) is 10.1 Å². The number of aromatic nitrogens is 1. The van der Waals surface area contributed by atoms with Crippen LogP contribution in [0.25, 0.3) is 43.4 Å². The lowest BCUT2D eigenvalue weighted by Gasteiger charge is -2.33. The van der Waals surface area contributed by atoms with Gasteiger partial charge in [-0.1, -0.05) is 54.6 Å². The van der Waals surface area contributed by atoms with Gasteiger partial charge in [0.2, 0.25) is 0 Å². The lowest BCUT2D eigenvalue weighted by Crippen LogP contribution is -2.15. The molecule has 0 amide bonds. The summed E-state index contributed by atoms with van der Waals surface area (Å²) in [6.07, 6.45) is -0.540. The molecule has 182 valence electrons. The third-order valence-corrected chi connectivity index (χ3v) is 7.86. The van der Waals surface area contributed by atoms with E-state index in [0.29, 0.717) is 16.8 Å². The first-order valence-electron chi connectivity index (χ1n) is 12.5. The number of phenolic OH excluding ortho intramolecular Hbond substituents is 1. The van der Waals surface area contributed by atoms with E-state index in [4.69, 9.17) is 0 Å². The lowest BCUT2D eigenvalue weighted by atomic mass is 9.71. The van der Waals surface area contributed by atoms with Crippen molar-refractivity contribution in [1.29, 1.82) is 0 Å². The Balaban J connectivity index is 0.000000125. The first kappa shape index (κ1) is 22.1. The number of fused-ring (bicyclic) bond motifs is 7. The average Bonchev–Trinajstić information content (AvgIpc) is 2.89. The van der Waals surface area contributed by atoms with Gasteiger partial charge in [-0.3, -0.25) is 0 Å². The van der Waals surface area contributed by atoms with Crippen LogP contribution in [0.4, 0.5) is 13.2 Å². The molecule has 0 fully saturated rings. The molecule has 37 heavy (non-hydrogen) atoms. The predicted molar refractivity (Wildman–Crippen MR) is 142 cm³/mol. The first-order chi connectivity index (χ1) is 17.9. The molecular weight excluding hydrogens is 471 g/mol. The molecule has 1 N–H and O–H groups in total. The number of phenols is 1. The Labute approximate surface area is 211 Å². The maximum atomic E-state index is 12.9. The molecule has 0 spiro atoms. The molecule has 5 aromatic carbocycles. The molecule has 2 nitrogen and oxygen atoms in total. The molecule has 0 saturated carbocycles. The van der Waals surface area contributed by atoms with Crippen LogP contribution in [0.5, 0.6) is 5.75 Å². The smallest absolute Gasteiger partial charge is 0.418 e. The molecule has 1 atom stereocenters. The largest absolute Gasteiger partial charge is 0.507 e. The van der Waals surface area contributed by atoms with Gasteiger partial charge in [0.15, 0.2) is 0 Å². The molecule has 1 heterocycles.